The maximum Gasteiger partial charge on any atom is 0.339 e. The Morgan fingerprint density at radius 1 is 1.12 bits per heavy atom. The first-order chi connectivity index (χ1) is 12.1. The van der Waals surface area contributed by atoms with Gasteiger partial charge in [0, 0.05) is 11.8 Å². The normalized spacial score (nSPS) is 17.5. The summed E-state index contributed by atoms with van der Waals surface area (Å²) in [5, 5.41) is 7.76. The zero-order valence-electron chi connectivity index (χ0n) is 14.1. The number of carbonyl (C=O) groups is 1. The summed E-state index contributed by atoms with van der Waals surface area (Å²) in [5.41, 5.74) is -0.355. The minimum Gasteiger partial charge on any atom is -0.495 e. The van der Waals surface area contributed by atoms with Gasteiger partial charge in [0.25, 0.3) is 0 Å². The molecule has 0 amide bonds. The van der Waals surface area contributed by atoms with Crippen LogP contribution in [0, 0.1) is 0 Å². The molecule has 1 aliphatic heterocycles. The highest BCUT2D eigenvalue weighted by atomic mass is 32.2. The third-order valence-electron chi connectivity index (χ3n) is 3.80. The van der Waals surface area contributed by atoms with Gasteiger partial charge in [-0.25, -0.2) is 21.6 Å². The van der Waals surface area contributed by atoms with E-state index in [9.17, 15) is 21.6 Å². The van der Waals surface area contributed by atoms with E-state index in [2.05, 4.69) is 0 Å². The molecule has 9 heteroatoms. The molecule has 0 aliphatic carbocycles. The molecule has 140 valence electrons. The lowest BCUT2D eigenvalue weighted by molar-refractivity contribution is 0.0693. The average molecular weight is 398 g/mol. The van der Waals surface area contributed by atoms with Crippen molar-refractivity contribution in [3.8, 4) is 5.75 Å². The van der Waals surface area contributed by atoms with E-state index < -0.39 is 36.6 Å². The number of ether oxygens (including phenoxy) is 1. The van der Waals surface area contributed by atoms with E-state index in [0.717, 1.165) is 18.4 Å². The number of rotatable bonds is 3. The number of fused-ring (bicyclic) bond motifs is 1. The summed E-state index contributed by atoms with van der Waals surface area (Å²) < 4.78 is 52.5. The molecule has 0 radical (unpaired) electrons. The summed E-state index contributed by atoms with van der Waals surface area (Å²) in [5.74, 6) is -2.13. The molecule has 1 N–H and O–H groups in total. The van der Waals surface area contributed by atoms with Crippen molar-refractivity contribution in [3.63, 3.8) is 0 Å². The van der Waals surface area contributed by atoms with Crippen LogP contribution >= 0.6 is 0 Å². The van der Waals surface area contributed by atoms with Gasteiger partial charge in [-0.1, -0.05) is 36.4 Å². The zero-order chi connectivity index (χ0) is 19.5. The van der Waals surface area contributed by atoms with Crippen LogP contribution < -0.4 is 4.74 Å². The summed E-state index contributed by atoms with van der Waals surface area (Å²) >= 11 is 0. The van der Waals surface area contributed by atoms with Crippen LogP contribution in [0.15, 0.2) is 53.4 Å². The van der Waals surface area contributed by atoms with E-state index in [0.29, 0.717) is 0 Å². The van der Waals surface area contributed by atoms with Crippen molar-refractivity contribution >= 4 is 25.6 Å². The second kappa shape index (κ2) is 7.46. The molecule has 0 saturated heterocycles. The Morgan fingerprint density at radius 3 is 2.00 bits per heavy atom. The van der Waals surface area contributed by atoms with E-state index in [-0.39, 0.29) is 21.8 Å². The Labute approximate surface area is 152 Å². The van der Waals surface area contributed by atoms with Gasteiger partial charge in [-0.05, 0) is 12.1 Å². The predicted molar refractivity (Wildman–Crippen MR) is 96.0 cm³/mol. The van der Waals surface area contributed by atoms with Gasteiger partial charge in [0.2, 0.25) is 0 Å². The van der Waals surface area contributed by atoms with Gasteiger partial charge in [0.05, 0.1) is 17.8 Å². The summed E-state index contributed by atoms with van der Waals surface area (Å²) in [4.78, 5) is 10.9. The third-order valence-corrected chi connectivity index (χ3v) is 7.25. The maximum absolute atomic E-state index is 12.0. The van der Waals surface area contributed by atoms with Crippen LogP contribution in [0.2, 0.25) is 0 Å². The minimum absolute atomic E-state index is 0.0881. The Kier molecular flexibility index (Phi) is 5.72. The fourth-order valence-corrected chi connectivity index (χ4v) is 6.49. The topological polar surface area (TPSA) is 115 Å². The number of aromatic carboxylic acids is 1. The van der Waals surface area contributed by atoms with Crippen molar-refractivity contribution in [1.29, 1.82) is 0 Å². The lowest BCUT2D eigenvalue weighted by atomic mass is 10.1. The van der Waals surface area contributed by atoms with Gasteiger partial charge < -0.3 is 9.84 Å². The SMILES string of the molecule is COc1c(C(=O)O)ccc2c1C(S(C)(=O)=O)CS2(=O)=O.c1ccccc1. The average Bonchev–Trinajstić information content (AvgIpc) is 2.88. The largest absolute Gasteiger partial charge is 0.495 e. The van der Waals surface area contributed by atoms with Crippen LogP contribution in [0.25, 0.3) is 0 Å². The third kappa shape index (κ3) is 4.05. The standard InChI is InChI=1S/C11H12O7S2.C6H6/c1-18-10-6(11(12)13)3-4-7-9(10)8(19(2,14)15)5-20(7,16)17;1-2-4-6-5-3-1/h3-4,8H,5H2,1-2H3,(H,12,13);1-6H. The van der Waals surface area contributed by atoms with Crippen LogP contribution in [0.4, 0.5) is 0 Å². The minimum atomic E-state index is -3.77. The summed E-state index contributed by atoms with van der Waals surface area (Å²) in [6.07, 6.45) is 0.912. The van der Waals surface area contributed by atoms with Crippen molar-refractivity contribution in [1.82, 2.24) is 0 Å². The molecular formula is C17H18O7S2. The molecule has 1 aliphatic rings. The molecule has 1 heterocycles. The van der Waals surface area contributed by atoms with Gasteiger partial charge >= 0.3 is 5.97 Å². The number of sulfone groups is 2. The van der Waals surface area contributed by atoms with Gasteiger partial charge in [-0.15, -0.1) is 0 Å². The number of hydrogen-bond donors (Lipinski definition) is 1. The highest BCUT2D eigenvalue weighted by Gasteiger charge is 2.43. The van der Waals surface area contributed by atoms with Crippen LogP contribution in [0.3, 0.4) is 0 Å². The Bertz CT molecular complexity index is 984. The van der Waals surface area contributed by atoms with Gasteiger partial charge in [0.1, 0.15) is 16.6 Å². The molecule has 0 aromatic heterocycles. The molecule has 26 heavy (non-hydrogen) atoms. The molecule has 0 bridgehead atoms. The van der Waals surface area contributed by atoms with E-state index in [4.69, 9.17) is 9.84 Å². The van der Waals surface area contributed by atoms with Crippen LogP contribution in [-0.4, -0.2) is 47.0 Å². The van der Waals surface area contributed by atoms with Crippen molar-refractivity contribution in [2.24, 2.45) is 0 Å². The molecule has 0 spiro atoms. The lowest BCUT2D eigenvalue weighted by Crippen LogP contribution is -2.14. The Balaban J connectivity index is 0.000000342. The summed E-state index contributed by atoms with van der Waals surface area (Å²) in [6.45, 7) is 0. The number of methoxy groups -OCH3 is 1. The van der Waals surface area contributed by atoms with Gasteiger partial charge in [-0.2, -0.15) is 0 Å². The molecule has 3 rings (SSSR count). The second-order valence-corrected chi connectivity index (χ2v) is 9.85. The quantitative estimate of drug-likeness (QED) is 0.840. The fraction of sp³-hybridized carbons (Fsp3) is 0.235. The highest BCUT2D eigenvalue weighted by Crippen LogP contribution is 2.44. The maximum atomic E-state index is 12.0. The zero-order valence-corrected chi connectivity index (χ0v) is 15.7. The van der Waals surface area contributed by atoms with Crippen LogP contribution in [-0.2, 0) is 19.7 Å². The number of carboxylic acid groups (broad SMARTS) is 1. The van der Waals surface area contributed by atoms with Crippen LogP contribution in [0.5, 0.6) is 5.75 Å². The Morgan fingerprint density at radius 2 is 1.62 bits per heavy atom. The Hall–Kier alpha value is -2.39. The first kappa shape index (κ1) is 19.9. The first-order valence-corrected chi connectivity index (χ1v) is 11.1. The summed E-state index contributed by atoms with van der Waals surface area (Å²) in [6, 6.07) is 14.2. The molecule has 7 nitrogen and oxygen atoms in total. The first-order valence-electron chi connectivity index (χ1n) is 7.45. The molecule has 1 unspecified atom stereocenters. The fourth-order valence-electron chi connectivity index (χ4n) is 2.64. The van der Waals surface area contributed by atoms with Crippen LogP contribution in [0.1, 0.15) is 21.2 Å². The lowest BCUT2D eigenvalue weighted by Gasteiger charge is -2.14. The molecule has 1 atom stereocenters. The van der Waals surface area contributed by atoms with Crippen molar-refractivity contribution in [2.45, 2.75) is 10.1 Å². The molecule has 2 aromatic rings. The number of carboxylic acids is 1. The van der Waals surface area contributed by atoms with E-state index >= 15 is 0 Å². The van der Waals surface area contributed by atoms with E-state index in [1.807, 2.05) is 36.4 Å². The molecule has 0 fully saturated rings. The number of hydrogen-bond acceptors (Lipinski definition) is 6. The smallest absolute Gasteiger partial charge is 0.339 e. The monoisotopic (exact) mass is 398 g/mol. The van der Waals surface area contributed by atoms with Gasteiger partial charge in [0.15, 0.2) is 19.7 Å². The predicted octanol–water partition coefficient (Wildman–Crippen LogP) is 1.95. The second-order valence-electron chi connectivity index (χ2n) is 5.62. The van der Waals surface area contributed by atoms with Crippen molar-refractivity contribution < 1.29 is 31.5 Å². The molecule has 2 aromatic carbocycles. The molecule has 0 saturated carbocycles. The van der Waals surface area contributed by atoms with Gasteiger partial charge in [-0.3, -0.25) is 0 Å². The molecular weight excluding hydrogens is 380 g/mol. The van der Waals surface area contributed by atoms with E-state index in [1.54, 1.807) is 0 Å². The van der Waals surface area contributed by atoms with Crippen molar-refractivity contribution in [3.05, 3.63) is 59.7 Å². The highest BCUT2D eigenvalue weighted by molar-refractivity contribution is 7.95. The summed E-state index contributed by atoms with van der Waals surface area (Å²) in [7, 11) is -6.31. The number of benzene rings is 2. The van der Waals surface area contributed by atoms with Crippen molar-refractivity contribution in [2.75, 3.05) is 19.1 Å². The van der Waals surface area contributed by atoms with E-state index in [1.165, 1.54) is 7.11 Å².